The van der Waals surface area contributed by atoms with E-state index < -0.39 is 0 Å². The molecule has 1 saturated heterocycles. The largest absolute Gasteiger partial charge is 0.378 e. The molecule has 3 heterocycles. The Labute approximate surface area is 137 Å². The maximum absolute atomic E-state index is 5.47. The molecule has 2 aromatic heterocycles. The summed E-state index contributed by atoms with van der Waals surface area (Å²) >= 11 is 0. The summed E-state index contributed by atoms with van der Waals surface area (Å²) in [5, 5.41) is 8.22. The van der Waals surface area contributed by atoms with Crippen molar-refractivity contribution in [3.63, 3.8) is 0 Å². The molecule has 6 heteroatoms. The van der Waals surface area contributed by atoms with Gasteiger partial charge in [0.05, 0.1) is 18.9 Å². The van der Waals surface area contributed by atoms with Crippen molar-refractivity contribution < 1.29 is 4.74 Å². The predicted octanol–water partition coefficient (Wildman–Crippen LogP) is 1.81. The predicted molar refractivity (Wildman–Crippen MR) is 90.5 cm³/mol. The second-order valence-corrected chi connectivity index (χ2v) is 6.00. The number of ether oxygens (including phenoxy) is 1. The number of aromatic nitrogens is 3. The minimum absolute atomic E-state index is 0.251. The van der Waals surface area contributed by atoms with Gasteiger partial charge >= 0.3 is 0 Å². The standard InChI is InChI=1S/C17H25N5O/c1-13(15-5-4-6-18-11-15)19-12-16-14(2)20-21(3)17(16)22-7-9-23-10-8-22/h4-6,11,13,19H,7-10,12H2,1-3H3/t13-/m0/s1. The van der Waals surface area contributed by atoms with Gasteiger partial charge in [-0.2, -0.15) is 5.10 Å². The van der Waals surface area contributed by atoms with Crippen molar-refractivity contribution in [2.75, 3.05) is 31.2 Å². The number of anilines is 1. The van der Waals surface area contributed by atoms with Crippen LogP contribution in [-0.4, -0.2) is 41.1 Å². The first-order chi connectivity index (χ1) is 11.2. The summed E-state index contributed by atoms with van der Waals surface area (Å²) in [6.07, 6.45) is 3.72. The average Bonchev–Trinajstić information content (AvgIpc) is 2.87. The molecule has 6 nitrogen and oxygen atoms in total. The van der Waals surface area contributed by atoms with Crippen LogP contribution in [0.3, 0.4) is 0 Å². The van der Waals surface area contributed by atoms with Crippen molar-refractivity contribution >= 4 is 5.82 Å². The normalized spacial score (nSPS) is 16.6. The Kier molecular flexibility index (Phi) is 4.93. The third kappa shape index (κ3) is 3.54. The van der Waals surface area contributed by atoms with E-state index in [4.69, 9.17) is 4.74 Å². The molecule has 0 spiro atoms. The molecule has 3 rings (SSSR count). The van der Waals surface area contributed by atoms with Crippen LogP contribution >= 0.6 is 0 Å². The Morgan fingerprint density at radius 2 is 2.13 bits per heavy atom. The zero-order chi connectivity index (χ0) is 16.2. The lowest BCUT2D eigenvalue weighted by Crippen LogP contribution is -2.38. The summed E-state index contributed by atoms with van der Waals surface area (Å²) in [4.78, 5) is 6.57. The topological polar surface area (TPSA) is 55.2 Å². The first-order valence-corrected chi connectivity index (χ1v) is 8.15. The quantitative estimate of drug-likeness (QED) is 0.912. The molecule has 0 amide bonds. The van der Waals surface area contributed by atoms with Gasteiger partial charge in [0.2, 0.25) is 0 Å². The molecule has 0 unspecified atom stereocenters. The molecule has 1 fully saturated rings. The van der Waals surface area contributed by atoms with Crippen molar-refractivity contribution in [3.05, 3.63) is 41.3 Å². The van der Waals surface area contributed by atoms with Crippen LogP contribution in [0.5, 0.6) is 0 Å². The highest BCUT2D eigenvalue weighted by Gasteiger charge is 2.21. The van der Waals surface area contributed by atoms with E-state index in [9.17, 15) is 0 Å². The van der Waals surface area contributed by atoms with Gasteiger partial charge in [0.25, 0.3) is 0 Å². The smallest absolute Gasteiger partial charge is 0.131 e. The maximum Gasteiger partial charge on any atom is 0.131 e. The van der Waals surface area contributed by atoms with Gasteiger partial charge in [0.15, 0.2) is 0 Å². The molecule has 124 valence electrons. The van der Waals surface area contributed by atoms with Gasteiger partial charge in [-0.3, -0.25) is 9.67 Å². The molecular weight excluding hydrogens is 290 g/mol. The number of pyridine rings is 1. The zero-order valence-corrected chi connectivity index (χ0v) is 14.1. The molecule has 1 aliphatic rings. The SMILES string of the molecule is Cc1nn(C)c(N2CCOCC2)c1CN[C@@H](C)c1cccnc1. The number of rotatable bonds is 5. The second-order valence-electron chi connectivity index (χ2n) is 6.00. The summed E-state index contributed by atoms with van der Waals surface area (Å²) < 4.78 is 7.46. The third-order valence-corrected chi connectivity index (χ3v) is 4.39. The van der Waals surface area contributed by atoms with E-state index in [-0.39, 0.29) is 6.04 Å². The second kappa shape index (κ2) is 7.10. The molecular formula is C17H25N5O. The van der Waals surface area contributed by atoms with Crippen LogP contribution in [0.1, 0.15) is 29.8 Å². The highest BCUT2D eigenvalue weighted by molar-refractivity contribution is 5.50. The minimum atomic E-state index is 0.251. The molecule has 1 N–H and O–H groups in total. The number of hydrogen-bond acceptors (Lipinski definition) is 5. The Morgan fingerprint density at radius 1 is 1.35 bits per heavy atom. The number of nitrogens with one attached hydrogen (secondary N) is 1. The monoisotopic (exact) mass is 315 g/mol. The van der Waals surface area contributed by atoms with Crippen LogP contribution < -0.4 is 10.2 Å². The van der Waals surface area contributed by atoms with Gasteiger partial charge < -0.3 is 15.0 Å². The van der Waals surface area contributed by atoms with E-state index in [1.54, 1.807) is 6.20 Å². The fourth-order valence-electron chi connectivity index (χ4n) is 3.07. The maximum atomic E-state index is 5.47. The van der Waals surface area contributed by atoms with E-state index in [0.29, 0.717) is 0 Å². The zero-order valence-electron chi connectivity index (χ0n) is 14.1. The van der Waals surface area contributed by atoms with Crippen LogP contribution in [0.25, 0.3) is 0 Å². The van der Waals surface area contributed by atoms with E-state index >= 15 is 0 Å². The van der Waals surface area contributed by atoms with Gasteiger partial charge in [0.1, 0.15) is 5.82 Å². The fourth-order valence-corrected chi connectivity index (χ4v) is 3.07. The average molecular weight is 315 g/mol. The van der Waals surface area contributed by atoms with Crippen LogP contribution in [0.2, 0.25) is 0 Å². The first-order valence-electron chi connectivity index (χ1n) is 8.15. The van der Waals surface area contributed by atoms with Gasteiger partial charge in [-0.05, 0) is 25.5 Å². The lowest BCUT2D eigenvalue weighted by Gasteiger charge is -2.30. The summed E-state index contributed by atoms with van der Waals surface area (Å²) in [5.41, 5.74) is 3.55. The minimum Gasteiger partial charge on any atom is -0.378 e. The lowest BCUT2D eigenvalue weighted by atomic mass is 10.1. The fraction of sp³-hybridized carbons (Fsp3) is 0.529. The molecule has 0 radical (unpaired) electrons. The Bertz CT molecular complexity index is 634. The van der Waals surface area contributed by atoms with Crippen LogP contribution in [0.15, 0.2) is 24.5 Å². The first kappa shape index (κ1) is 16.0. The van der Waals surface area contributed by atoms with E-state index in [1.165, 1.54) is 16.9 Å². The number of morpholine rings is 1. The van der Waals surface area contributed by atoms with Gasteiger partial charge in [-0.25, -0.2) is 0 Å². The molecule has 1 atom stereocenters. The van der Waals surface area contributed by atoms with Gasteiger partial charge in [-0.1, -0.05) is 6.07 Å². The van der Waals surface area contributed by atoms with E-state index in [0.717, 1.165) is 38.5 Å². The highest BCUT2D eigenvalue weighted by atomic mass is 16.5. The molecule has 0 aliphatic carbocycles. The molecule has 1 aliphatic heterocycles. The van der Waals surface area contributed by atoms with E-state index in [1.807, 2.05) is 24.0 Å². The summed E-state index contributed by atoms with van der Waals surface area (Å²) in [6.45, 7) is 8.44. The lowest BCUT2D eigenvalue weighted by molar-refractivity contribution is 0.122. The van der Waals surface area contributed by atoms with Gasteiger partial charge in [-0.15, -0.1) is 0 Å². The number of aryl methyl sites for hydroxylation is 2. The van der Waals surface area contributed by atoms with E-state index in [2.05, 4.69) is 40.2 Å². The Hall–Kier alpha value is -1.92. The summed E-state index contributed by atoms with van der Waals surface area (Å²) in [5.74, 6) is 1.21. The molecule has 0 bridgehead atoms. The number of hydrogen-bond donors (Lipinski definition) is 1. The van der Waals surface area contributed by atoms with Crippen molar-refractivity contribution in [2.24, 2.45) is 7.05 Å². The number of nitrogens with zero attached hydrogens (tertiary/aromatic N) is 4. The summed E-state index contributed by atoms with van der Waals surface area (Å²) in [6, 6.07) is 4.33. The van der Waals surface area contributed by atoms with Crippen molar-refractivity contribution in [2.45, 2.75) is 26.4 Å². The summed E-state index contributed by atoms with van der Waals surface area (Å²) in [7, 11) is 2.02. The van der Waals surface area contributed by atoms with Crippen LogP contribution in [-0.2, 0) is 18.3 Å². The molecule has 0 saturated carbocycles. The van der Waals surface area contributed by atoms with Crippen molar-refractivity contribution in [1.82, 2.24) is 20.1 Å². The van der Waals surface area contributed by atoms with Crippen molar-refractivity contribution in [1.29, 1.82) is 0 Å². The van der Waals surface area contributed by atoms with Crippen LogP contribution in [0.4, 0.5) is 5.82 Å². The van der Waals surface area contributed by atoms with Crippen molar-refractivity contribution in [3.8, 4) is 0 Å². The Morgan fingerprint density at radius 3 is 2.83 bits per heavy atom. The highest BCUT2D eigenvalue weighted by Crippen LogP contribution is 2.25. The Balaban J connectivity index is 1.74. The molecule has 0 aromatic carbocycles. The van der Waals surface area contributed by atoms with Gasteiger partial charge in [0, 0.05) is 50.7 Å². The third-order valence-electron chi connectivity index (χ3n) is 4.39. The molecule has 2 aromatic rings. The molecule has 23 heavy (non-hydrogen) atoms. The van der Waals surface area contributed by atoms with Crippen LogP contribution in [0, 0.1) is 6.92 Å².